The second-order valence-electron chi connectivity index (χ2n) is 3.62. The number of rotatable bonds is 3. The van der Waals surface area contributed by atoms with Gasteiger partial charge in [-0.1, -0.05) is 6.07 Å². The van der Waals surface area contributed by atoms with Gasteiger partial charge in [0.2, 0.25) is 0 Å². The maximum atomic E-state index is 11.8. The quantitative estimate of drug-likeness (QED) is 0.505. The third-order valence-corrected chi connectivity index (χ3v) is 2.52. The largest absolute Gasteiger partial charge is 0.460 e. The summed E-state index contributed by atoms with van der Waals surface area (Å²) in [7, 11) is 0. The number of aromatic nitrogens is 1. The molecule has 5 nitrogen and oxygen atoms in total. The molecule has 18 heavy (non-hydrogen) atoms. The zero-order valence-electron chi connectivity index (χ0n) is 9.69. The Labute approximate surface area is 103 Å². The molecule has 90 valence electrons. The molecule has 0 aliphatic carbocycles. The topological polar surface area (TPSA) is 83.0 Å². The van der Waals surface area contributed by atoms with E-state index in [0.717, 1.165) is 0 Å². The molecular formula is C13H10N2O3. The molecule has 0 amide bonds. The van der Waals surface area contributed by atoms with Crippen molar-refractivity contribution < 1.29 is 14.3 Å². The molecule has 0 saturated carbocycles. The van der Waals surface area contributed by atoms with Gasteiger partial charge in [-0.15, -0.1) is 0 Å². The lowest BCUT2D eigenvalue weighted by atomic mass is 10.1. The summed E-state index contributed by atoms with van der Waals surface area (Å²) in [6, 6.07) is 6.86. The molecule has 1 heterocycles. The standard InChI is InChI=1S/C13H10N2O3/c1-2-18-13(17)12(16)10-7-15-11-5-8(6-14)3-4-9(10)11/h3-5,7,15H,2H2,1H3. The minimum atomic E-state index is -0.872. The van der Waals surface area contributed by atoms with Crippen molar-refractivity contribution in [1.82, 2.24) is 4.98 Å². The van der Waals surface area contributed by atoms with Crippen LogP contribution in [0.1, 0.15) is 22.8 Å². The summed E-state index contributed by atoms with van der Waals surface area (Å²) < 4.78 is 4.67. The SMILES string of the molecule is CCOC(=O)C(=O)c1c[nH]c2cc(C#N)ccc12. The summed E-state index contributed by atoms with van der Waals surface area (Å²) in [5.41, 5.74) is 1.38. The van der Waals surface area contributed by atoms with E-state index in [1.807, 2.05) is 6.07 Å². The maximum Gasteiger partial charge on any atom is 0.379 e. The molecule has 1 aromatic carbocycles. The van der Waals surface area contributed by atoms with E-state index in [1.165, 1.54) is 6.20 Å². The summed E-state index contributed by atoms with van der Waals surface area (Å²) in [5, 5.41) is 9.37. The number of fused-ring (bicyclic) bond motifs is 1. The summed E-state index contributed by atoms with van der Waals surface area (Å²) >= 11 is 0. The molecule has 0 unspecified atom stereocenters. The van der Waals surface area contributed by atoms with Crippen LogP contribution >= 0.6 is 0 Å². The third kappa shape index (κ3) is 1.96. The van der Waals surface area contributed by atoms with Gasteiger partial charge >= 0.3 is 5.97 Å². The Morgan fingerprint density at radius 3 is 2.89 bits per heavy atom. The number of Topliss-reactive ketones (excluding diaryl/α,β-unsaturated/α-hetero) is 1. The molecule has 0 aliphatic rings. The van der Waals surface area contributed by atoms with Crippen LogP contribution in [0.4, 0.5) is 0 Å². The average molecular weight is 242 g/mol. The first-order valence-corrected chi connectivity index (χ1v) is 5.40. The molecule has 0 atom stereocenters. The summed E-state index contributed by atoms with van der Waals surface area (Å²) in [4.78, 5) is 26.0. The summed E-state index contributed by atoms with van der Waals surface area (Å²) in [6.45, 7) is 1.80. The summed E-state index contributed by atoms with van der Waals surface area (Å²) in [6.07, 6.45) is 1.45. The number of ether oxygens (including phenoxy) is 1. The smallest absolute Gasteiger partial charge is 0.379 e. The minimum Gasteiger partial charge on any atom is -0.460 e. The molecule has 0 aliphatic heterocycles. The number of hydrogen-bond acceptors (Lipinski definition) is 4. The number of ketones is 1. The fourth-order valence-electron chi connectivity index (χ4n) is 1.69. The minimum absolute atomic E-state index is 0.158. The average Bonchev–Trinajstić information content (AvgIpc) is 2.80. The Kier molecular flexibility index (Phi) is 3.11. The van der Waals surface area contributed by atoms with Gasteiger partial charge in [-0.25, -0.2) is 4.79 Å². The van der Waals surface area contributed by atoms with Gasteiger partial charge in [0.25, 0.3) is 5.78 Å². The molecule has 0 saturated heterocycles. The van der Waals surface area contributed by atoms with E-state index >= 15 is 0 Å². The van der Waals surface area contributed by atoms with Crippen molar-refractivity contribution in [3.63, 3.8) is 0 Å². The Morgan fingerprint density at radius 2 is 2.22 bits per heavy atom. The third-order valence-electron chi connectivity index (χ3n) is 2.52. The predicted octanol–water partition coefficient (Wildman–Crippen LogP) is 1.79. The van der Waals surface area contributed by atoms with Gasteiger partial charge in [-0.2, -0.15) is 5.26 Å². The predicted molar refractivity (Wildman–Crippen MR) is 64.0 cm³/mol. The first kappa shape index (κ1) is 11.9. The Morgan fingerprint density at radius 1 is 1.44 bits per heavy atom. The van der Waals surface area contributed by atoms with E-state index in [0.29, 0.717) is 16.5 Å². The van der Waals surface area contributed by atoms with Crippen molar-refractivity contribution >= 4 is 22.7 Å². The van der Waals surface area contributed by atoms with E-state index < -0.39 is 11.8 Å². The summed E-state index contributed by atoms with van der Waals surface area (Å²) in [5.74, 6) is -1.56. The fourth-order valence-corrected chi connectivity index (χ4v) is 1.69. The van der Waals surface area contributed by atoms with Crippen molar-refractivity contribution in [3.05, 3.63) is 35.5 Å². The Balaban J connectivity index is 2.44. The zero-order valence-corrected chi connectivity index (χ0v) is 9.69. The lowest BCUT2D eigenvalue weighted by Gasteiger charge is -1.99. The number of hydrogen-bond donors (Lipinski definition) is 1. The van der Waals surface area contributed by atoms with Gasteiger partial charge in [0.05, 0.1) is 23.8 Å². The van der Waals surface area contributed by atoms with E-state index in [9.17, 15) is 9.59 Å². The molecule has 1 aromatic heterocycles. The lowest BCUT2D eigenvalue weighted by Crippen LogP contribution is -2.17. The van der Waals surface area contributed by atoms with Crippen LogP contribution in [0.5, 0.6) is 0 Å². The molecule has 5 heteroatoms. The van der Waals surface area contributed by atoms with E-state index in [4.69, 9.17) is 5.26 Å². The van der Waals surface area contributed by atoms with Gasteiger partial charge in [-0.3, -0.25) is 4.79 Å². The number of nitriles is 1. The molecular weight excluding hydrogens is 232 g/mol. The molecule has 0 bridgehead atoms. The van der Waals surface area contributed by atoms with Crippen molar-refractivity contribution in [2.24, 2.45) is 0 Å². The number of benzene rings is 1. The fraction of sp³-hybridized carbons (Fsp3) is 0.154. The van der Waals surface area contributed by atoms with Crippen LogP contribution < -0.4 is 0 Å². The number of nitrogens with one attached hydrogen (secondary N) is 1. The highest BCUT2D eigenvalue weighted by molar-refractivity contribution is 6.42. The number of H-pyrrole nitrogens is 1. The molecule has 0 radical (unpaired) electrons. The van der Waals surface area contributed by atoms with Crippen LogP contribution in [0.15, 0.2) is 24.4 Å². The van der Waals surface area contributed by atoms with Crippen LogP contribution in [0, 0.1) is 11.3 Å². The number of esters is 1. The number of carbonyl (C=O) groups is 2. The van der Waals surface area contributed by atoms with Gasteiger partial charge in [0, 0.05) is 17.1 Å². The van der Waals surface area contributed by atoms with Crippen molar-refractivity contribution in [2.45, 2.75) is 6.92 Å². The van der Waals surface area contributed by atoms with Gasteiger partial charge in [0.1, 0.15) is 0 Å². The van der Waals surface area contributed by atoms with Crippen molar-refractivity contribution in [2.75, 3.05) is 6.61 Å². The zero-order chi connectivity index (χ0) is 13.1. The van der Waals surface area contributed by atoms with Gasteiger partial charge in [-0.05, 0) is 19.1 Å². The first-order chi connectivity index (χ1) is 8.67. The Hall–Kier alpha value is -2.61. The van der Waals surface area contributed by atoms with Crippen LogP contribution in [-0.2, 0) is 9.53 Å². The van der Waals surface area contributed by atoms with Crippen LogP contribution in [0.2, 0.25) is 0 Å². The van der Waals surface area contributed by atoms with Gasteiger partial charge in [0.15, 0.2) is 0 Å². The van der Waals surface area contributed by atoms with E-state index in [2.05, 4.69) is 9.72 Å². The highest BCUT2D eigenvalue weighted by Gasteiger charge is 2.20. The highest BCUT2D eigenvalue weighted by Crippen LogP contribution is 2.20. The molecule has 2 rings (SSSR count). The Bertz CT molecular complexity index is 664. The van der Waals surface area contributed by atoms with Crippen LogP contribution in [-0.4, -0.2) is 23.3 Å². The normalized spacial score (nSPS) is 10.0. The highest BCUT2D eigenvalue weighted by atomic mass is 16.5. The lowest BCUT2D eigenvalue weighted by molar-refractivity contribution is -0.137. The molecule has 2 aromatic rings. The van der Waals surface area contributed by atoms with Crippen LogP contribution in [0.3, 0.4) is 0 Å². The molecule has 0 spiro atoms. The van der Waals surface area contributed by atoms with Crippen LogP contribution in [0.25, 0.3) is 10.9 Å². The second-order valence-corrected chi connectivity index (χ2v) is 3.62. The number of aromatic amines is 1. The second kappa shape index (κ2) is 4.72. The number of nitrogens with zero attached hydrogens (tertiary/aromatic N) is 1. The number of carbonyl (C=O) groups excluding carboxylic acids is 2. The van der Waals surface area contributed by atoms with Crippen molar-refractivity contribution in [1.29, 1.82) is 5.26 Å². The maximum absolute atomic E-state index is 11.8. The van der Waals surface area contributed by atoms with Gasteiger partial charge < -0.3 is 9.72 Å². The van der Waals surface area contributed by atoms with Crippen molar-refractivity contribution in [3.8, 4) is 6.07 Å². The monoisotopic (exact) mass is 242 g/mol. The van der Waals surface area contributed by atoms with E-state index in [1.54, 1.807) is 25.1 Å². The molecule has 1 N–H and O–H groups in total. The molecule has 0 fully saturated rings. The first-order valence-electron chi connectivity index (χ1n) is 5.40. The van der Waals surface area contributed by atoms with E-state index in [-0.39, 0.29) is 12.2 Å².